The number of benzene rings is 1. The van der Waals surface area contributed by atoms with Gasteiger partial charge in [-0.05, 0) is 36.8 Å². The molecular weight excluding hydrogens is 254 g/mol. The van der Waals surface area contributed by atoms with Crippen molar-refractivity contribution in [3.8, 4) is 0 Å². The van der Waals surface area contributed by atoms with Crippen LogP contribution >= 0.6 is 11.8 Å². The first-order valence-corrected chi connectivity index (χ1v) is 8.31. The zero-order chi connectivity index (χ0) is 13.1. The molecule has 0 amide bonds. The highest BCUT2D eigenvalue weighted by atomic mass is 32.2. The molecule has 3 heteroatoms. The standard InChI is InChI=1S/C16H23NOS/c1-2-15-13(7-8-18-15)10-17-11-14-9-12-5-3-4-6-16(12)19-14/h3-6,13-15,17H,2,7-11H2,1H3. The summed E-state index contributed by atoms with van der Waals surface area (Å²) in [6.07, 6.45) is 4.08. The van der Waals surface area contributed by atoms with Gasteiger partial charge in [-0.3, -0.25) is 0 Å². The largest absolute Gasteiger partial charge is 0.378 e. The Bertz CT molecular complexity index is 398. The molecule has 2 heterocycles. The van der Waals surface area contributed by atoms with E-state index in [1.54, 1.807) is 0 Å². The van der Waals surface area contributed by atoms with Crippen LogP contribution in [0, 0.1) is 5.92 Å². The fraction of sp³-hybridized carbons (Fsp3) is 0.625. The number of nitrogens with one attached hydrogen (secondary N) is 1. The molecule has 19 heavy (non-hydrogen) atoms. The van der Waals surface area contributed by atoms with Crippen molar-refractivity contribution in [1.29, 1.82) is 0 Å². The van der Waals surface area contributed by atoms with Crippen LogP contribution in [-0.4, -0.2) is 31.1 Å². The summed E-state index contributed by atoms with van der Waals surface area (Å²) in [7, 11) is 0. The number of fused-ring (bicyclic) bond motifs is 1. The summed E-state index contributed by atoms with van der Waals surface area (Å²) in [6.45, 7) is 5.42. The molecule has 0 aliphatic carbocycles. The van der Waals surface area contributed by atoms with E-state index in [1.807, 2.05) is 11.8 Å². The second kappa shape index (κ2) is 6.29. The molecule has 1 fully saturated rings. The average Bonchev–Trinajstić information content (AvgIpc) is 3.04. The average molecular weight is 277 g/mol. The van der Waals surface area contributed by atoms with E-state index in [0.717, 1.165) is 32.0 Å². The molecule has 0 spiro atoms. The first-order chi connectivity index (χ1) is 9.36. The molecule has 1 N–H and O–H groups in total. The predicted octanol–water partition coefficient (Wildman–Crippen LogP) is 3.11. The molecule has 3 rings (SSSR count). The molecule has 1 saturated heterocycles. The lowest BCUT2D eigenvalue weighted by Crippen LogP contribution is -2.32. The van der Waals surface area contributed by atoms with Gasteiger partial charge in [0.2, 0.25) is 0 Å². The molecule has 2 nitrogen and oxygen atoms in total. The van der Waals surface area contributed by atoms with E-state index in [0.29, 0.717) is 11.4 Å². The van der Waals surface area contributed by atoms with Gasteiger partial charge in [-0.2, -0.15) is 0 Å². The van der Waals surface area contributed by atoms with E-state index in [4.69, 9.17) is 4.74 Å². The normalized spacial score (nSPS) is 29.6. The van der Waals surface area contributed by atoms with Crippen LogP contribution < -0.4 is 5.32 Å². The van der Waals surface area contributed by atoms with Gasteiger partial charge in [0.15, 0.2) is 0 Å². The maximum atomic E-state index is 5.74. The lowest BCUT2D eigenvalue weighted by molar-refractivity contribution is 0.0873. The van der Waals surface area contributed by atoms with E-state index >= 15 is 0 Å². The van der Waals surface area contributed by atoms with Crippen LogP contribution in [0.1, 0.15) is 25.3 Å². The van der Waals surface area contributed by atoms with Crippen LogP contribution in [0.3, 0.4) is 0 Å². The summed E-state index contributed by atoms with van der Waals surface area (Å²) >= 11 is 2.03. The molecule has 3 unspecified atom stereocenters. The Morgan fingerprint density at radius 2 is 2.21 bits per heavy atom. The van der Waals surface area contributed by atoms with Crippen molar-refractivity contribution in [3.63, 3.8) is 0 Å². The third kappa shape index (κ3) is 3.15. The maximum Gasteiger partial charge on any atom is 0.0613 e. The quantitative estimate of drug-likeness (QED) is 0.893. The van der Waals surface area contributed by atoms with Crippen molar-refractivity contribution in [1.82, 2.24) is 5.32 Å². The third-order valence-corrected chi connectivity index (χ3v) is 5.56. The Balaban J connectivity index is 1.42. The van der Waals surface area contributed by atoms with Crippen molar-refractivity contribution < 1.29 is 4.74 Å². The zero-order valence-corrected chi connectivity index (χ0v) is 12.4. The van der Waals surface area contributed by atoms with Crippen LogP contribution in [-0.2, 0) is 11.2 Å². The first kappa shape index (κ1) is 13.5. The van der Waals surface area contributed by atoms with Crippen molar-refractivity contribution >= 4 is 11.8 Å². The molecule has 2 aliphatic rings. The molecule has 0 radical (unpaired) electrons. The third-order valence-electron chi connectivity index (χ3n) is 4.24. The number of thioether (sulfide) groups is 1. The monoisotopic (exact) mass is 277 g/mol. The Morgan fingerprint density at radius 3 is 3.05 bits per heavy atom. The fourth-order valence-corrected chi connectivity index (χ4v) is 4.46. The first-order valence-electron chi connectivity index (χ1n) is 7.43. The molecular formula is C16H23NOS. The minimum atomic E-state index is 0.487. The SMILES string of the molecule is CCC1OCCC1CNCC1Cc2ccccc2S1. The highest BCUT2D eigenvalue weighted by Gasteiger charge is 2.27. The van der Waals surface area contributed by atoms with Gasteiger partial charge in [-0.25, -0.2) is 0 Å². The molecule has 104 valence electrons. The molecule has 3 atom stereocenters. The molecule has 0 bridgehead atoms. The lowest BCUT2D eigenvalue weighted by Gasteiger charge is -2.18. The molecule has 2 aliphatic heterocycles. The summed E-state index contributed by atoms with van der Waals surface area (Å²) < 4.78 is 5.74. The van der Waals surface area contributed by atoms with E-state index < -0.39 is 0 Å². The van der Waals surface area contributed by atoms with Crippen LogP contribution in [0.4, 0.5) is 0 Å². The maximum absolute atomic E-state index is 5.74. The number of rotatable bonds is 5. The van der Waals surface area contributed by atoms with Crippen molar-refractivity contribution in [3.05, 3.63) is 29.8 Å². The Hall–Kier alpha value is -0.510. The smallest absolute Gasteiger partial charge is 0.0613 e. The van der Waals surface area contributed by atoms with Gasteiger partial charge >= 0.3 is 0 Å². The van der Waals surface area contributed by atoms with Crippen LogP contribution in [0.25, 0.3) is 0 Å². The van der Waals surface area contributed by atoms with Gasteiger partial charge in [0.1, 0.15) is 0 Å². The topological polar surface area (TPSA) is 21.3 Å². The van der Waals surface area contributed by atoms with Gasteiger partial charge < -0.3 is 10.1 Å². The van der Waals surface area contributed by atoms with E-state index in [2.05, 4.69) is 36.5 Å². The molecule has 0 aromatic heterocycles. The van der Waals surface area contributed by atoms with Crippen molar-refractivity contribution in [2.75, 3.05) is 19.7 Å². The summed E-state index contributed by atoms with van der Waals surface area (Å²) in [5, 5.41) is 4.38. The number of hydrogen-bond acceptors (Lipinski definition) is 3. The van der Waals surface area contributed by atoms with E-state index in [-0.39, 0.29) is 0 Å². The van der Waals surface area contributed by atoms with Crippen LogP contribution in [0.2, 0.25) is 0 Å². The number of ether oxygens (including phenoxy) is 1. The minimum Gasteiger partial charge on any atom is -0.378 e. The van der Waals surface area contributed by atoms with E-state index in [1.165, 1.54) is 23.3 Å². The van der Waals surface area contributed by atoms with Crippen molar-refractivity contribution in [2.45, 2.75) is 42.4 Å². The van der Waals surface area contributed by atoms with Crippen LogP contribution in [0.15, 0.2) is 29.2 Å². The Kier molecular flexibility index (Phi) is 4.46. The second-order valence-corrected chi connectivity index (χ2v) is 6.92. The fourth-order valence-electron chi connectivity index (χ4n) is 3.17. The minimum absolute atomic E-state index is 0.487. The van der Waals surface area contributed by atoms with Gasteiger partial charge in [-0.1, -0.05) is 25.1 Å². The Morgan fingerprint density at radius 1 is 1.32 bits per heavy atom. The second-order valence-electron chi connectivity index (χ2n) is 5.58. The molecule has 1 aromatic carbocycles. The highest BCUT2D eigenvalue weighted by molar-refractivity contribution is 8.00. The summed E-state index contributed by atoms with van der Waals surface area (Å²) in [6, 6.07) is 8.80. The molecule has 0 saturated carbocycles. The predicted molar refractivity (Wildman–Crippen MR) is 80.8 cm³/mol. The summed E-state index contributed by atoms with van der Waals surface area (Å²) in [5.74, 6) is 0.721. The van der Waals surface area contributed by atoms with Gasteiger partial charge in [0.25, 0.3) is 0 Å². The van der Waals surface area contributed by atoms with Gasteiger partial charge in [-0.15, -0.1) is 11.8 Å². The van der Waals surface area contributed by atoms with E-state index in [9.17, 15) is 0 Å². The van der Waals surface area contributed by atoms with Crippen molar-refractivity contribution in [2.24, 2.45) is 5.92 Å². The number of hydrogen-bond donors (Lipinski definition) is 1. The lowest BCUT2D eigenvalue weighted by atomic mass is 9.99. The molecule has 1 aromatic rings. The zero-order valence-electron chi connectivity index (χ0n) is 11.6. The summed E-state index contributed by atoms with van der Waals surface area (Å²) in [4.78, 5) is 1.48. The van der Waals surface area contributed by atoms with Crippen LogP contribution in [0.5, 0.6) is 0 Å². The Labute approximate surface area is 120 Å². The van der Waals surface area contributed by atoms with Gasteiger partial charge in [0.05, 0.1) is 6.10 Å². The summed E-state index contributed by atoms with van der Waals surface area (Å²) in [5.41, 5.74) is 1.52. The highest BCUT2D eigenvalue weighted by Crippen LogP contribution is 2.36. The van der Waals surface area contributed by atoms with Gasteiger partial charge in [0, 0.05) is 29.8 Å².